The number of carbonyl (C=O) groups excluding carboxylic acids is 1. The van der Waals surface area contributed by atoms with Gasteiger partial charge in [-0.25, -0.2) is 4.98 Å². The number of aryl methyl sites for hydroxylation is 1. The van der Waals surface area contributed by atoms with Crippen LogP contribution in [-0.4, -0.2) is 38.5 Å². The van der Waals surface area contributed by atoms with Crippen LogP contribution in [0.1, 0.15) is 10.5 Å². The minimum absolute atomic E-state index is 0.229. The van der Waals surface area contributed by atoms with Crippen LogP contribution in [0, 0.1) is 0 Å². The minimum atomic E-state index is -0.319. The zero-order chi connectivity index (χ0) is 17.2. The predicted octanol–water partition coefficient (Wildman–Crippen LogP) is 2.71. The maximum Gasteiger partial charge on any atom is 0.276 e. The van der Waals surface area contributed by atoms with E-state index >= 15 is 0 Å². The molecule has 0 atom stereocenters. The molecule has 1 aromatic carbocycles. The number of methoxy groups -OCH3 is 1. The van der Waals surface area contributed by atoms with Crippen LogP contribution in [0.5, 0.6) is 5.88 Å². The van der Waals surface area contributed by atoms with Crippen LogP contribution in [0.25, 0.3) is 11.3 Å². The van der Waals surface area contributed by atoms with Gasteiger partial charge in [0.05, 0.1) is 12.8 Å². The number of amides is 1. The molecule has 3 heterocycles. The van der Waals surface area contributed by atoms with Gasteiger partial charge in [0.2, 0.25) is 5.88 Å². The van der Waals surface area contributed by atoms with Gasteiger partial charge in [-0.3, -0.25) is 4.79 Å². The van der Waals surface area contributed by atoms with Crippen molar-refractivity contribution in [1.29, 1.82) is 0 Å². The average Bonchev–Trinajstić information content (AvgIpc) is 3.24. The Balaban J connectivity index is 1.46. The van der Waals surface area contributed by atoms with Gasteiger partial charge in [-0.2, -0.15) is 0 Å². The first-order valence-electron chi connectivity index (χ1n) is 7.72. The fraction of sp³-hybridized carbons (Fsp3) is 0.176. The van der Waals surface area contributed by atoms with E-state index in [4.69, 9.17) is 4.74 Å². The molecule has 8 heteroatoms. The van der Waals surface area contributed by atoms with Crippen LogP contribution < -0.4 is 10.1 Å². The van der Waals surface area contributed by atoms with Crippen molar-refractivity contribution in [2.24, 2.45) is 0 Å². The molecular weight excluding hydrogens is 338 g/mol. The summed E-state index contributed by atoms with van der Waals surface area (Å²) in [7, 11) is 1.50. The lowest BCUT2D eigenvalue weighted by atomic mass is 10.1. The lowest BCUT2D eigenvalue weighted by molar-refractivity contribution is 0.102. The third-order valence-corrected chi connectivity index (χ3v) is 4.79. The number of rotatable bonds is 4. The molecular formula is C17H15N5O2S. The highest BCUT2D eigenvalue weighted by atomic mass is 32.2. The molecule has 0 saturated heterocycles. The maximum absolute atomic E-state index is 12.2. The van der Waals surface area contributed by atoms with E-state index in [9.17, 15) is 4.79 Å². The van der Waals surface area contributed by atoms with Crippen molar-refractivity contribution in [3.05, 3.63) is 48.3 Å². The molecule has 7 nitrogen and oxygen atoms in total. The number of aromatic nitrogens is 4. The number of nitrogens with one attached hydrogen (secondary N) is 1. The number of carbonyl (C=O) groups is 1. The number of hydrogen-bond donors (Lipinski definition) is 1. The molecule has 0 aliphatic carbocycles. The van der Waals surface area contributed by atoms with Gasteiger partial charge in [-0.15, -0.1) is 10.2 Å². The van der Waals surface area contributed by atoms with Gasteiger partial charge in [0.1, 0.15) is 0 Å². The van der Waals surface area contributed by atoms with Crippen molar-refractivity contribution in [3.63, 3.8) is 0 Å². The second-order valence-corrected chi connectivity index (χ2v) is 6.51. The Morgan fingerprint density at radius 1 is 1.20 bits per heavy atom. The summed E-state index contributed by atoms with van der Waals surface area (Å²) >= 11 is 1.77. The van der Waals surface area contributed by atoms with E-state index in [0.29, 0.717) is 11.6 Å². The Morgan fingerprint density at radius 3 is 2.72 bits per heavy atom. The van der Waals surface area contributed by atoms with Crippen LogP contribution in [0.2, 0.25) is 0 Å². The van der Waals surface area contributed by atoms with E-state index in [1.807, 2.05) is 24.3 Å². The molecule has 1 aliphatic rings. The van der Waals surface area contributed by atoms with Crippen LogP contribution >= 0.6 is 11.8 Å². The summed E-state index contributed by atoms with van der Waals surface area (Å²) in [6.07, 6.45) is 2.07. The summed E-state index contributed by atoms with van der Waals surface area (Å²) in [6, 6.07) is 10.8. The molecule has 1 N–H and O–H groups in total. The van der Waals surface area contributed by atoms with Gasteiger partial charge in [-0.1, -0.05) is 23.9 Å². The van der Waals surface area contributed by atoms with Crippen molar-refractivity contribution in [2.45, 2.75) is 11.7 Å². The fourth-order valence-electron chi connectivity index (χ4n) is 2.52. The SMILES string of the molecule is COc1ccc(C(=O)Nc2ccc(-c3cn4c(n3)SCC4)cc2)nn1. The standard InChI is InChI=1S/C17H15N5O2S/c1-24-15-7-6-13(20-21-15)16(23)18-12-4-2-11(3-5-12)14-10-22-8-9-25-17(22)19-14/h2-7,10H,8-9H2,1H3,(H,18,23). The fourth-order valence-corrected chi connectivity index (χ4v) is 3.46. The number of benzene rings is 1. The lowest BCUT2D eigenvalue weighted by Gasteiger charge is -2.05. The van der Waals surface area contributed by atoms with Gasteiger partial charge in [0, 0.05) is 35.8 Å². The molecule has 0 fully saturated rings. The van der Waals surface area contributed by atoms with Gasteiger partial charge in [0.25, 0.3) is 5.91 Å². The van der Waals surface area contributed by atoms with Crippen LogP contribution in [0.3, 0.4) is 0 Å². The number of imidazole rings is 1. The smallest absolute Gasteiger partial charge is 0.276 e. The van der Waals surface area contributed by atoms with Crippen LogP contribution in [0.15, 0.2) is 47.8 Å². The zero-order valence-corrected chi connectivity index (χ0v) is 14.3. The highest BCUT2D eigenvalue weighted by Crippen LogP contribution is 2.29. The maximum atomic E-state index is 12.2. The number of thioether (sulfide) groups is 1. The number of ether oxygens (including phenoxy) is 1. The Morgan fingerprint density at radius 2 is 2.04 bits per heavy atom. The largest absolute Gasteiger partial charge is 0.480 e. The van der Waals surface area contributed by atoms with Gasteiger partial charge >= 0.3 is 0 Å². The first-order chi connectivity index (χ1) is 12.2. The van der Waals surface area contributed by atoms with Crippen LogP contribution in [-0.2, 0) is 6.54 Å². The molecule has 0 unspecified atom stereocenters. The first-order valence-corrected chi connectivity index (χ1v) is 8.71. The molecule has 0 saturated carbocycles. The van der Waals surface area contributed by atoms with Gasteiger partial charge in [-0.05, 0) is 18.2 Å². The highest BCUT2D eigenvalue weighted by Gasteiger charge is 2.15. The van der Waals surface area contributed by atoms with Crippen LogP contribution in [0.4, 0.5) is 5.69 Å². The third-order valence-electron chi connectivity index (χ3n) is 3.82. The van der Waals surface area contributed by atoms with E-state index in [-0.39, 0.29) is 11.6 Å². The van der Waals surface area contributed by atoms with Crippen molar-refractivity contribution < 1.29 is 9.53 Å². The summed E-state index contributed by atoms with van der Waals surface area (Å²) in [4.78, 5) is 16.8. The molecule has 126 valence electrons. The minimum Gasteiger partial charge on any atom is -0.480 e. The van der Waals surface area contributed by atoms with Crippen molar-refractivity contribution in [2.75, 3.05) is 18.2 Å². The number of anilines is 1. The second-order valence-electron chi connectivity index (χ2n) is 5.44. The molecule has 0 spiro atoms. The Labute approximate surface area is 148 Å². The summed E-state index contributed by atoms with van der Waals surface area (Å²) in [5, 5.41) is 11.5. The average molecular weight is 353 g/mol. The molecule has 0 radical (unpaired) electrons. The van der Waals surface area contributed by atoms with Crippen molar-refractivity contribution in [3.8, 4) is 17.1 Å². The monoisotopic (exact) mass is 353 g/mol. The second kappa shape index (κ2) is 6.56. The molecule has 1 amide bonds. The number of hydrogen-bond acceptors (Lipinski definition) is 6. The highest BCUT2D eigenvalue weighted by molar-refractivity contribution is 7.99. The van der Waals surface area contributed by atoms with Gasteiger partial charge < -0.3 is 14.6 Å². The first kappa shape index (κ1) is 15.6. The summed E-state index contributed by atoms with van der Waals surface area (Å²) in [5.41, 5.74) is 2.88. The summed E-state index contributed by atoms with van der Waals surface area (Å²) in [6.45, 7) is 1.00. The lowest BCUT2D eigenvalue weighted by Crippen LogP contribution is -2.14. The van der Waals surface area contributed by atoms with E-state index in [1.165, 1.54) is 7.11 Å². The number of nitrogens with zero attached hydrogens (tertiary/aromatic N) is 4. The number of fused-ring (bicyclic) bond motifs is 1. The molecule has 3 aromatic rings. The summed E-state index contributed by atoms with van der Waals surface area (Å²) < 4.78 is 7.10. The summed E-state index contributed by atoms with van der Waals surface area (Å²) in [5.74, 6) is 1.13. The Hall–Kier alpha value is -2.87. The van der Waals surface area contributed by atoms with Crippen molar-refractivity contribution >= 4 is 23.4 Å². The quantitative estimate of drug-likeness (QED) is 0.777. The molecule has 0 bridgehead atoms. The van der Waals surface area contributed by atoms with E-state index in [0.717, 1.165) is 28.7 Å². The normalized spacial score (nSPS) is 12.7. The predicted molar refractivity (Wildman–Crippen MR) is 94.9 cm³/mol. The topological polar surface area (TPSA) is 81.9 Å². The van der Waals surface area contributed by atoms with Crippen molar-refractivity contribution in [1.82, 2.24) is 19.7 Å². The third kappa shape index (κ3) is 3.20. The molecule has 25 heavy (non-hydrogen) atoms. The Kier molecular flexibility index (Phi) is 4.10. The van der Waals surface area contributed by atoms with Gasteiger partial charge in [0.15, 0.2) is 10.9 Å². The molecule has 2 aromatic heterocycles. The van der Waals surface area contributed by atoms with E-state index in [1.54, 1.807) is 23.9 Å². The molecule has 4 rings (SSSR count). The van der Waals surface area contributed by atoms with E-state index in [2.05, 4.69) is 31.3 Å². The zero-order valence-electron chi connectivity index (χ0n) is 13.5. The molecule has 1 aliphatic heterocycles. The Bertz CT molecular complexity index is 884. The van der Waals surface area contributed by atoms with E-state index < -0.39 is 0 Å².